The van der Waals surface area contributed by atoms with Gasteiger partial charge >= 0.3 is 0 Å². The molecule has 0 aromatic heterocycles. The van der Waals surface area contributed by atoms with Gasteiger partial charge in [0.05, 0.1) is 29.1 Å². The van der Waals surface area contributed by atoms with E-state index in [0.717, 1.165) is 12.0 Å². The predicted molar refractivity (Wildman–Crippen MR) is 119 cm³/mol. The van der Waals surface area contributed by atoms with E-state index in [1.54, 1.807) is 12.1 Å². The highest BCUT2D eigenvalue weighted by Gasteiger charge is 2.39. The lowest BCUT2D eigenvalue weighted by Gasteiger charge is -2.33. The van der Waals surface area contributed by atoms with Gasteiger partial charge < -0.3 is 30.9 Å². The predicted octanol–water partition coefficient (Wildman–Crippen LogP) is 1.91. The van der Waals surface area contributed by atoms with Gasteiger partial charge in [-0.05, 0) is 30.5 Å². The van der Waals surface area contributed by atoms with Crippen LogP contribution in [-0.2, 0) is 4.79 Å². The average Bonchev–Trinajstić information content (AvgIpc) is 3.25. The number of carbonyl (C=O) groups is 2. The fourth-order valence-corrected chi connectivity index (χ4v) is 4.08. The summed E-state index contributed by atoms with van der Waals surface area (Å²) >= 11 is 0. The molecule has 0 bridgehead atoms. The lowest BCUT2D eigenvalue weighted by atomic mass is 9.92. The van der Waals surface area contributed by atoms with Gasteiger partial charge in [0.2, 0.25) is 5.78 Å². The third-order valence-electron chi connectivity index (χ3n) is 5.95. The van der Waals surface area contributed by atoms with Crippen LogP contribution in [0.25, 0.3) is 0 Å². The Morgan fingerprint density at radius 2 is 1.91 bits per heavy atom. The van der Waals surface area contributed by atoms with Crippen LogP contribution in [0.5, 0.6) is 5.75 Å². The SMILES string of the molecule is CC[C@@H](NC1=C(Nc2cccc(C(=O)N3CC[C@H](O)C3)c2O)C(=O)C1O)c1ccccc1. The maximum Gasteiger partial charge on any atom is 0.257 e. The fraction of sp³-hybridized carbons (Fsp3) is 0.333. The zero-order chi connectivity index (χ0) is 22.8. The molecule has 32 heavy (non-hydrogen) atoms. The normalized spacial score (nSPS) is 21.3. The first-order valence-electron chi connectivity index (χ1n) is 10.7. The molecule has 1 heterocycles. The number of carbonyl (C=O) groups excluding carboxylic acids is 2. The van der Waals surface area contributed by atoms with Gasteiger partial charge in [0.1, 0.15) is 5.70 Å². The molecule has 0 radical (unpaired) electrons. The number of nitrogens with one attached hydrogen (secondary N) is 2. The lowest BCUT2D eigenvalue weighted by molar-refractivity contribution is -0.124. The molecule has 1 saturated heterocycles. The number of likely N-dealkylation sites (tertiary alicyclic amines) is 1. The van der Waals surface area contributed by atoms with E-state index in [9.17, 15) is 24.9 Å². The third-order valence-corrected chi connectivity index (χ3v) is 5.95. The van der Waals surface area contributed by atoms with Gasteiger partial charge in [-0.3, -0.25) is 9.59 Å². The average molecular weight is 437 g/mol. The smallest absolute Gasteiger partial charge is 0.257 e. The highest BCUT2D eigenvalue weighted by atomic mass is 16.3. The number of β-amino-alcohol motifs (C(OH)–C–C–N with tert-alkyl or cyclic N) is 1. The van der Waals surface area contributed by atoms with E-state index in [1.165, 1.54) is 11.0 Å². The Balaban J connectivity index is 1.57. The number of para-hydroxylation sites is 1. The van der Waals surface area contributed by atoms with Crippen molar-refractivity contribution in [2.75, 3.05) is 18.4 Å². The molecule has 4 rings (SSSR count). The van der Waals surface area contributed by atoms with Crippen LogP contribution in [0.15, 0.2) is 59.9 Å². The molecule has 0 saturated carbocycles. The Labute approximate surface area is 186 Å². The molecule has 8 heteroatoms. The van der Waals surface area contributed by atoms with Gasteiger partial charge in [-0.15, -0.1) is 0 Å². The molecule has 2 aromatic carbocycles. The number of benzene rings is 2. The van der Waals surface area contributed by atoms with Crippen molar-refractivity contribution >= 4 is 17.4 Å². The second-order valence-electron chi connectivity index (χ2n) is 8.09. The number of phenolic OH excluding ortho intramolecular Hbond substituents is 1. The number of aliphatic hydroxyl groups excluding tert-OH is 2. The van der Waals surface area contributed by atoms with E-state index in [0.29, 0.717) is 18.7 Å². The number of Topliss-reactive ketones (excluding diaryl/α,β-unsaturated/α-hetero) is 1. The standard InChI is InChI=1S/C24H27N3O5/c1-2-17(14-7-4-3-5-8-14)25-19-20(23(31)22(19)30)26-18-10-6-9-16(21(18)29)24(32)27-12-11-15(28)13-27/h3-10,15,17,22,25-26,28-30H,2,11-13H2,1H3/t15-,17+,22?/m0/s1. The van der Waals surface area contributed by atoms with Crippen LogP contribution in [0.4, 0.5) is 5.69 Å². The van der Waals surface area contributed by atoms with Gasteiger partial charge in [-0.2, -0.15) is 0 Å². The quantitative estimate of drug-likeness (QED) is 0.420. The van der Waals surface area contributed by atoms with Gasteiger partial charge in [-0.1, -0.05) is 43.3 Å². The van der Waals surface area contributed by atoms with E-state index in [1.807, 2.05) is 37.3 Å². The minimum atomic E-state index is -1.27. The molecule has 1 unspecified atom stereocenters. The summed E-state index contributed by atoms with van der Waals surface area (Å²) in [4.78, 5) is 26.6. The molecule has 1 fully saturated rings. The maximum absolute atomic E-state index is 12.8. The second kappa shape index (κ2) is 9.02. The summed E-state index contributed by atoms with van der Waals surface area (Å²) in [5.41, 5.74) is 1.81. The van der Waals surface area contributed by atoms with Crippen molar-refractivity contribution in [3.8, 4) is 5.75 Å². The molecule has 1 aliphatic heterocycles. The number of rotatable bonds is 7. The number of aromatic hydroxyl groups is 1. The van der Waals surface area contributed by atoms with Crippen molar-refractivity contribution in [3.05, 3.63) is 71.1 Å². The van der Waals surface area contributed by atoms with E-state index >= 15 is 0 Å². The van der Waals surface area contributed by atoms with Crippen molar-refractivity contribution in [1.29, 1.82) is 0 Å². The van der Waals surface area contributed by atoms with Crippen LogP contribution in [-0.4, -0.2) is 57.2 Å². The van der Waals surface area contributed by atoms with Crippen LogP contribution in [0.2, 0.25) is 0 Å². The topological polar surface area (TPSA) is 122 Å². The zero-order valence-electron chi connectivity index (χ0n) is 17.8. The molecule has 5 N–H and O–H groups in total. The van der Waals surface area contributed by atoms with Gasteiger partial charge in [0.25, 0.3) is 5.91 Å². The summed E-state index contributed by atoms with van der Waals surface area (Å²) in [5.74, 6) is -1.16. The number of hydrogen-bond donors (Lipinski definition) is 5. The first-order valence-corrected chi connectivity index (χ1v) is 10.7. The Morgan fingerprint density at radius 1 is 1.16 bits per heavy atom. The summed E-state index contributed by atoms with van der Waals surface area (Å²) in [7, 11) is 0. The van der Waals surface area contributed by atoms with Crippen LogP contribution in [0.1, 0.15) is 41.7 Å². The first-order chi connectivity index (χ1) is 15.4. The van der Waals surface area contributed by atoms with Gasteiger partial charge in [0.15, 0.2) is 11.9 Å². The Kier molecular flexibility index (Phi) is 6.16. The van der Waals surface area contributed by atoms with Crippen LogP contribution >= 0.6 is 0 Å². The number of phenols is 1. The maximum atomic E-state index is 12.8. The Hall–Kier alpha value is -3.36. The molecular formula is C24H27N3O5. The summed E-state index contributed by atoms with van der Waals surface area (Å²) in [6.07, 6.45) is -0.600. The van der Waals surface area contributed by atoms with Gasteiger partial charge in [0, 0.05) is 13.1 Å². The molecule has 1 amide bonds. The summed E-state index contributed by atoms with van der Waals surface area (Å²) in [6.45, 7) is 2.64. The number of ketones is 1. The highest BCUT2D eigenvalue weighted by Crippen LogP contribution is 2.34. The molecule has 2 aromatic rings. The molecular weight excluding hydrogens is 410 g/mol. The van der Waals surface area contributed by atoms with Gasteiger partial charge in [-0.25, -0.2) is 0 Å². The van der Waals surface area contributed by atoms with E-state index < -0.39 is 18.0 Å². The molecule has 8 nitrogen and oxygen atoms in total. The van der Waals surface area contributed by atoms with Crippen LogP contribution in [0, 0.1) is 0 Å². The zero-order valence-corrected chi connectivity index (χ0v) is 17.8. The molecule has 2 aliphatic rings. The van der Waals surface area contributed by atoms with Crippen molar-refractivity contribution in [2.24, 2.45) is 0 Å². The number of anilines is 1. The number of hydrogen-bond acceptors (Lipinski definition) is 7. The van der Waals surface area contributed by atoms with Crippen molar-refractivity contribution in [2.45, 2.75) is 38.0 Å². The monoisotopic (exact) mass is 437 g/mol. The highest BCUT2D eigenvalue weighted by molar-refractivity contribution is 6.11. The minimum absolute atomic E-state index is 0.0854. The van der Waals surface area contributed by atoms with Crippen LogP contribution < -0.4 is 10.6 Å². The fourth-order valence-electron chi connectivity index (χ4n) is 4.08. The Bertz CT molecular complexity index is 1050. The van der Waals surface area contributed by atoms with Crippen LogP contribution in [0.3, 0.4) is 0 Å². The van der Waals surface area contributed by atoms with Crippen molar-refractivity contribution in [3.63, 3.8) is 0 Å². The molecule has 3 atom stereocenters. The Morgan fingerprint density at radius 3 is 2.56 bits per heavy atom. The number of aliphatic hydroxyl groups is 2. The molecule has 1 aliphatic carbocycles. The number of amides is 1. The summed E-state index contributed by atoms with van der Waals surface area (Å²) < 4.78 is 0. The largest absolute Gasteiger partial charge is 0.505 e. The second-order valence-corrected chi connectivity index (χ2v) is 8.09. The first kappa shape index (κ1) is 21.9. The number of nitrogens with zero attached hydrogens (tertiary/aromatic N) is 1. The van der Waals surface area contributed by atoms with Crippen molar-refractivity contribution < 1.29 is 24.9 Å². The molecule has 168 valence electrons. The third kappa shape index (κ3) is 4.06. The van der Waals surface area contributed by atoms with E-state index in [-0.39, 0.29) is 41.2 Å². The summed E-state index contributed by atoms with van der Waals surface area (Å²) in [6, 6.07) is 14.3. The van der Waals surface area contributed by atoms with Crippen molar-refractivity contribution in [1.82, 2.24) is 10.2 Å². The summed E-state index contributed by atoms with van der Waals surface area (Å²) in [5, 5.41) is 36.8. The van der Waals surface area contributed by atoms with E-state index in [4.69, 9.17) is 0 Å². The van der Waals surface area contributed by atoms with E-state index in [2.05, 4.69) is 10.6 Å². The minimum Gasteiger partial charge on any atom is -0.505 e. The molecule has 0 spiro atoms. The lowest BCUT2D eigenvalue weighted by Crippen LogP contribution is -2.46.